The summed E-state index contributed by atoms with van der Waals surface area (Å²) >= 11 is 0.944. The number of amides is 1. The molecule has 178 valence electrons. The van der Waals surface area contributed by atoms with Crippen LogP contribution in [0.25, 0.3) is 0 Å². The maximum atomic E-state index is 12.8. The quantitative estimate of drug-likeness (QED) is 0.374. The molecule has 0 aromatic carbocycles. The normalized spacial score (nSPS) is 17.2. The minimum absolute atomic E-state index is 0.0167. The summed E-state index contributed by atoms with van der Waals surface area (Å²) in [5.74, 6) is -1.52. The smallest absolute Gasteiger partial charge is 0.348 e. The molecule has 1 saturated heterocycles. The van der Waals surface area contributed by atoms with Gasteiger partial charge < -0.3 is 14.8 Å². The molecule has 9 nitrogen and oxygen atoms in total. The molecule has 2 rings (SSSR count). The number of anilines is 1. The molecule has 0 saturated carbocycles. The number of thiophene rings is 1. The Morgan fingerprint density at radius 1 is 1.25 bits per heavy atom. The van der Waals surface area contributed by atoms with Gasteiger partial charge in [0.15, 0.2) is 9.84 Å². The minimum Gasteiger partial charge on any atom is -0.462 e. The van der Waals surface area contributed by atoms with Crippen LogP contribution in [0.1, 0.15) is 52.3 Å². The summed E-state index contributed by atoms with van der Waals surface area (Å²) in [6, 6.07) is -0.218. The van der Waals surface area contributed by atoms with Gasteiger partial charge in [-0.1, -0.05) is 19.6 Å². The Kier molecular flexibility index (Phi) is 9.41. The van der Waals surface area contributed by atoms with Gasteiger partial charge in [-0.2, -0.15) is 0 Å². The van der Waals surface area contributed by atoms with Gasteiger partial charge in [-0.05, 0) is 38.8 Å². The zero-order valence-corrected chi connectivity index (χ0v) is 20.3. The second-order valence-corrected chi connectivity index (χ2v) is 10.7. The van der Waals surface area contributed by atoms with Crippen LogP contribution in [0.4, 0.5) is 5.00 Å². The number of hydrogen-bond donors (Lipinski definition) is 1. The molecule has 0 bridgehead atoms. The predicted octanol–water partition coefficient (Wildman–Crippen LogP) is 2.41. The third-order valence-electron chi connectivity index (χ3n) is 4.98. The zero-order chi connectivity index (χ0) is 23.9. The van der Waals surface area contributed by atoms with Crippen molar-refractivity contribution in [2.45, 2.75) is 39.7 Å². The number of sulfone groups is 1. The predicted molar refractivity (Wildman–Crippen MR) is 123 cm³/mol. The molecule has 1 fully saturated rings. The molecule has 1 atom stereocenters. The van der Waals surface area contributed by atoms with E-state index < -0.39 is 27.7 Å². The van der Waals surface area contributed by atoms with Crippen molar-refractivity contribution >= 4 is 44.0 Å². The van der Waals surface area contributed by atoms with Gasteiger partial charge in [0.25, 0.3) is 0 Å². The second kappa shape index (κ2) is 11.6. The molecular weight excluding hydrogens is 456 g/mol. The first-order valence-corrected chi connectivity index (χ1v) is 13.1. The van der Waals surface area contributed by atoms with Crippen LogP contribution >= 0.6 is 11.3 Å². The van der Waals surface area contributed by atoms with Gasteiger partial charge in [-0.3, -0.25) is 9.69 Å². The lowest BCUT2D eigenvalue weighted by Crippen LogP contribution is -2.42. The second-order valence-electron chi connectivity index (χ2n) is 7.44. The van der Waals surface area contributed by atoms with Crippen LogP contribution in [0.5, 0.6) is 0 Å². The Balaban J connectivity index is 2.24. The minimum atomic E-state index is -3.09. The number of hydrogen-bond acceptors (Lipinski definition) is 9. The topological polar surface area (TPSA) is 119 Å². The largest absolute Gasteiger partial charge is 0.462 e. The number of nitrogens with zero attached hydrogens (tertiary/aromatic N) is 1. The zero-order valence-electron chi connectivity index (χ0n) is 18.6. The lowest BCUT2D eigenvalue weighted by molar-refractivity contribution is -0.117. The van der Waals surface area contributed by atoms with Crippen LogP contribution in [-0.4, -0.2) is 75.0 Å². The van der Waals surface area contributed by atoms with E-state index in [1.807, 2.05) is 11.8 Å². The van der Waals surface area contributed by atoms with Crippen molar-refractivity contribution in [1.29, 1.82) is 0 Å². The van der Waals surface area contributed by atoms with E-state index in [2.05, 4.69) is 11.9 Å². The molecule has 0 aliphatic carbocycles. The van der Waals surface area contributed by atoms with Crippen molar-refractivity contribution in [3.63, 3.8) is 0 Å². The van der Waals surface area contributed by atoms with E-state index in [9.17, 15) is 22.8 Å². The first kappa shape index (κ1) is 26.0. The summed E-state index contributed by atoms with van der Waals surface area (Å²) in [4.78, 5) is 39.8. The van der Waals surface area contributed by atoms with Crippen LogP contribution in [0.3, 0.4) is 0 Å². The fourth-order valence-corrected chi connectivity index (χ4v) is 6.40. The Morgan fingerprint density at radius 2 is 1.97 bits per heavy atom. The van der Waals surface area contributed by atoms with Gasteiger partial charge in [-0.15, -0.1) is 11.3 Å². The van der Waals surface area contributed by atoms with Crippen LogP contribution in [0, 0.1) is 6.92 Å². The van der Waals surface area contributed by atoms with Crippen molar-refractivity contribution in [2.24, 2.45) is 0 Å². The van der Waals surface area contributed by atoms with E-state index in [4.69, 9.17) is 9.47 Å². The molecule has 1 unspecified atom stereocenters. The van der Waals surface area contributed by atoms with Crippen LogP contribution in [0.2, 0.25) is 0 Å². The van der Waals surface area contributed by atoms with Crippen LogP contribution < -0.4 is 5.32 Å². The molecule has 1 aromatic heterocycles. The molecular formula is C21H30N2O7S2. The van der Waals surface area contributed by atoms with Crippen LogP contribution in [-0.2, 0) is 24.1 Å². The van der Waals surface area contributed by atoms with Gasteiger partial charge in [0.1, 0.15) is 16.5 Å². The highest BCUT2D eigenvalue weighted by Gasteiger charge is 2.33. The van der Waals surface area contributed by atoms with Gasteiger partial charge in [0.05, 0.1) is 30.2 Å². The molecule has 32 heavy (non-hydrogen) atoms. The van der Waals surface area contributed by atoms with Crippen molar-refractivity contribution in [3.05, 3.63) is 28.7 Å². The number of carbonyl (C=O) groups is 3. The summed E-state index contributed by atoms with van der Waals surface area (Å²) in [6.07, 6.45) is 2.68. The van der Waals surface area contributed by atoms with E-state index in [0.717, 1.165) is 17.8 Å². The molecule has 1 aliphatic rings. The average molecular weight is 487 g/mol. The van der Waals surface area contributed by atoms with E-state index in [1.165, 1.54) is 6.08 Å². The molecule has 1 aromatic rings. The summed E-state index contributed by atoms with van der Waals surface area (Å²) in [7, 11) is -3.09. The van der Waals surface area contributed by atoms with Crippen molar-refractivity contribution < 1.29 is 32.3 Å². The molecule has 11 heteroatoms. The van der Waals surface area contributed by atoms with Gasteiger partial charge >= 0.3 is 11.9 Å². The number of ether oxygens (including phenoxy) is 2. The molecule has 0 spiro atoms. The molecule has 1 aliphatic heterocycles. The first-order chi connectivity index (χ1) is 15.1. The van der Waals surface area contributed by atoms with E-state index in [1.54, 1.807) is 13.8 Å². The average Bonchev–Trinajstić information content (AvgIpc) is 3.24. The van der Waals surface area contributed by atoms with E-state index in [0.29, 0.717) is 18.5 Å². The van der Waals surface area contributed by atoms with Crippen molar-refractivity contribution in [3.8, 4) is 0 Å². The highest BCUT2D eigenvalue weighted by molar-refractivity contribution is 7.91. The first-order valence-electron chi connectivity index (χ1n) is 10.5. The molecule has 0 radical (unpaired) electrons. The Hall–Kier alpha value is -2.24. The number of carbonyl (C=O) groups excluding carboxylic acids is 3. The van der Waals surface area contributed by atoms with Gasteiger partial charge in [-0.25, -0.2) is 18.0 Å². The lowest BCUT2D eigenvalue weighted by Gasteiger charge is -2.26. The summed E-state index contributed by atoms with van der Waals surface area (Å²) in [5, 5.41) is 2.92. The highest BCUT2D eigenvalue weighted by Crippen LogP contribution is 2.34. The summed E-state index contributed by atoms with van der Waals surface area (Å²) in [5.41, 5.74) is 0.478. The van der Waals surface area contributed by atoms with E-state index in [-0.39, 0.29) is 52.7 Å². The van der Waals surface area contributed by atoms with E-state index >= 15 is 0 Å². The lowest BCUT2D eigenvalue weighted by atomic mass is 10.1. The van der Waals surface area contributed by atoms with Crippen LogP contribution in [0.15, 0.2) is 12.7 Å². The number of nitrogens with one attached hydrogen (secondary N) is 1. The maximum Gasteiger partial charge on any atom is 0.348 e. The van der Waals surface area contributed by atoms with Gasteiger partial charge in [0.2, 0.25) is 5.91 Å². The van der Waals surface area contributed by atoms with Crippen molar-refractivity contribution in [2.75, 3.05) is 43.1 Å². The van der Waals surface area contributed by atoms with Crippen molar-refractivity contribution in [1.82, 2.24) is 4.90 Å². The molecule has 1 N–H and O–H groups in total. The monoisotopic (exact) mass is 486 g/mol. The third kappa shape index (κ3) is 6.63. The Bertz CT molecular complexity index is 969. The standard InChI is InChI=1S/C21H30N2O7S2/c1-5-9-23(15-8-11-32(27,28)13-15)12-16(24)22-19-17(20(25)29-7-3)14(4)18(31-19)21(26)30-10-6-2/h6,15H,2,5,7-13H2,1,3-4H3,(H,22,24). The maximum absolute atomic E-state index is 12.8. The number of esters is 2. The number of rotatable bonds is 11. The molecule has 2 heterocycles. The molecule has 1 amide bonds. The Morgan fingerprint density at radius 3 is 2.53 bits per heavy atom. The highest BCUT2D eigenvalue weighted by atomic mass is 32.2. The fraction of sp³-hybridized carbons (Fsp3) is 0.571. The summed E-state index contributed by atoms with van der Waals surface area (Å²) in [6.45, 7) is 9.41. The summed E-state index contributed by atoms with van der Waals surface area (Å²) < 4.78 is 33.9. The SMILES string of the molecule is C=CCOC(=O)c1sc(NC(=O)CN(CCC)C2CCS(=O)(=O)C2)c(C(=O)OCC)c1C. The Labute approximate surface area is 192 Å². The van der Waals surface area contributed by atoms with Gasteiger partial charge in [0, 0.05) is 6.04 Å². The fourth-order valence-electron chi connectivity index (χ4n) is 3.54. The third-order valence-corrected chi connectivity index (χ3v) is 7.92.